The van der Waals surface area contributed by atoms with Crippen molar-refractivity contribution in [3.63, 3.8) is 0 Å². The quantitative estimate of drug-likeness (QED) is 0.768. The summed E-state index contributed by atoms with van der Waals surface area (Å²) in [6.07, 6.45) is 0.365. The van der Waals surface area contributed by atoms with Crippen LogP contribution in [0.1, 0.15) is 27.2 Å². The van der Waals surface area contributed by atoms with E-state index in [1.54, 1.807) is 9.80 Å². The van der Waals surface area contributed by atoms with Crippen molar-refractivity contribution >= 4 is 12.1 Å². The Balaban J connectivity index is 1.95. The molecule has 2 rings (SSSR count). The van der Waals surface area contributed by atoms with Gasteiger partial charge in [0.1, 0.15) is 5.60 Å². The standard InChI is InChI=1S/C13H23N3O4/c1-12(2,3)20-11(19)16-5-4-13(9-16)8-15(6-7-17)10(18)14-13/h17H,4-9H2,1-3H3,(H,14,18). The highest BCUT2D eigenvalue weighted by Gasteiger charge is 2.48. The molecule has 2 fully saturated rings. The Morgan fingerprint density at radius 3 is 2.75 bits per heavy atom. The third kappa shape index (κ3) is 3.15. The molecule has 2 aliphatic heterocycles. The van der Waals surface area contributed by atoms with Crippen LogP contribution >= 0.6 is 0 Å². The smallest absolute Gasteiger partial charge is 0.410 e. The second-order valence-corrected chi connectivity index (χ2v) is 6.51. The number of β-amino-alcohol motifs (C(OH)–C–C–N with tert-alkyl or cyclic N) is 1. The molecule has 20 heavy (non-hydrogen) atoms. The Kier molecular flexibility index (Phi) is 3.82. The lowest BCUT2D eigenvalue weighted by molar-refractivity contribution is 0.0283. The van der Waals surface area contributed by atoms with Gasteiger partial charge < -0.3 is 25.0 Å². The molecule has 2 N–H and O–H groups in total. The second-order valence-electron chi connectivity index (χ2n) is 6.51. The van der Waals surface area contributed by atoms with E-state index in [0.29, 0.717) is 32.6 Å². The first-order valence-electron chi connectivity index (χ1n) is 6.91. The molecule has 1 unspecified atom stereocenters. The molecule has 1 spiro atoms. The number of ether oxygens (including phenoxy) is 1. The van der Waals surface area contributed by atoms with Gasteiger partial charge in [0.2, 0.25) is 0 Å². The summed E-state index contributed by atoms with van der Waals surface area (Å²) in [5.74, 6) is 0. The second kappa shape index (κ2) is 5.12. The maximum Gasteiger partial charge on any atom is 0.410 e. The first kappa shape index (κ1) is 14.9. The van der Waals surface area contributed by atoms with E-state index in [9.17, 15) is 9.59 Å². The molecular weight excluding hydrogens is 262 g/mol. The molecule has 0 saturated carbocycles. The summed E-state index contributed by atoms with van der Waals surface area (Å²) in [5.41, 5.74) is -0.919. The summed E-state index contributed by atoms with van der Waals surface area (Å²) in [5, 5.41) is 11.9. The van der Waals surface area contributed by atoms with Crippen LogP contribution in [0, 0.1) is 0 Å². The Morgan fingerprint density at radius 1 is 1.45 bits per heavy atom. The number of carbonyl (C=O) groups is 2. The van der Waals surface area contributed by atoms with Crippen LogP contribution in [0.2, 0.25) is 0 Å². The highest BCUT2D eigenvalue weighted by Crippen LogP contribution is 2.28. The minimum Gasteiger partial charge on any atom is -0.444 e. The molecule has 1 atom stereocenters. The van der Waals surface area contributed by atoms with Crippen LogP contribution in [-0.2, 0) is 4.74 Å². The molecule has 7 heteroatoms. The van der Waals surface area contributed by atoms with Gasteiger partial charge in [-0.1, -0.05) is 0 Å². The van der Waals surface area contributed by atoms with Crippen molar-refractivity contribution in [2.45, 2.75) is 38.3 Å². The predicted molar refractivity (Wildman–Crippen MR) is 72.3 cm³/mol. The van der Waals surface area contributed by atoms with Crippen molar-refractivity contribution in [2.24, 2.45) is 0 Å². The normalized spacial score (nSPS) is 26.3. The predicted octanol–water partition coefficient (Wildman–Crippen LogP) is 0.384. The van der Waals surface area contributed by atoms with Gasteiger partial charge in [0.15, 0.2) is 0 Å². The van der Waals surface area contributed by atoms with E-state index in [1.807, 2.05) is 20.8 Å². The van der Waals surface area contributed by atoms with Gasteiger partial charge in [-0.05, 0) is 27.2 Å². The van der Waals surface area contributed by atoms with Gasteiger partial charge in [0, 0.05) is 26.2 Å². The number of amides is 3. The SMILES string of the molecule is CC(C)(C)OC(=O)N1CCC2(CN(CCO)C(=O)N2)C1. The van der Waals surface area contributed by atoms with Gasteiger partial charge in [-0.3, -0.25) is 0 Å². The lowest BCUT2D eigenvalue weighted by Gasteiger charge is -2.26. The summed E-state index contributed by atoms with van der Waals surface area (Å²) in [7, 11) is 0. The van der Waals surface area contributed by atoms with Crippen LogP contribution in [0.5, 0.6) is 0 Å². The van der Waals surface area contributed by atoms with Gasteiger partial charge in [-0.2, -0.15) is 0 Å². The molecule has 2 aliphatic rings. The van der Waals surface area contributed by atoms with E-state index in [2.05, 4.69) is 5.32 Å². The number of nitrogens with zero attached hydrogens (tertiary/aromatic N) is 2. The number of aliphatic hydroxyl groups excluding tert-OH is 1. The topological polar surface area (TPSA) is 82.1 Å². The molecule has 3 amide bonds. The van der Waals surface area contributed by atoms with E-state index in [4.69, 9.17) is 9.84 Å². The zero-order chi connectivity index (χ0) is 15.0. The van der Waals surface area contributed by atoms with E-state index in [0.717, 1.165) is 0 Å². The molecule has 0 bridgehead atoms. The molecule has 0 radical (unpaired) electrons. The largest absolute Gasteiger partial charge is 0.444 e. The molecule has 0 aromatic rings. The summed E-state index contributed by atoms with van der Waals surface area (Å²) in [4.78, 5) is 27.0. The van der Waals surface area contributed by atoms with Crippen molar-refractivity contribution in [3.8, 4) is 0 Å². The average Bonchev–Trinajstić information content (AvgIpc) is 2.83. The maximum atomic E-state index is 12.0. The molecule has 0 aliphatic carbocycles. The zero-order valence-electron chi connectivity index (χ0n) is 12.3. The van der Waals surface area contributed by atoms with Gasteiger partial charge >= 0.3 is 12.1 Å². The fourth-order valence-corrected chi connectivity index (χ4v) is 2.67. The summed E-state index contributed by atoms with van der Waals surface area (Å²) < 4.78 is 5.35. The van der Waals surface area contributed by atoms with Crippen LogP contribution in [0.3, 0.4) is 0 Å². The van der Waals surface area contributed by atoms with Gasteiger partial charge in [0.05, 0.1) is 12.1 Å². The average molecular weight is 285 g/mol. The van der Waals surface area contributed by atoms with Crippen molar-refractivity contribution in [2.75, 3.05) is 32.8 Å². The number of likely N-dealkylation sites (tertiary alicyclic amines) is 1. The Morgan fingerprint density at radius 2 is 2.15 bits per heavy atom. The Hall–Kier alpha value is -1.50. The van der Waals surface area contributed by atoms with Crippen LogP contribution in [-0.4, -0.2) is 71.0 Å². The minimum absolute atomic E-state index is 0.0563. The minimum atomic E-state index is -0.519. The molecular formula is C13H23N3O4. The van der Waals surface area contributed by atoms with Crippen molar-refractivity contribution in [3.05, 3.63) is 0 Å². The Labute approximate surface area is 118 Å². The van der Waals surface area contributed by atoms with Crippen molar-refractivity contribution in [1.29, 1.82) is 0 Å². The van der Waals surface area contributed by atoms with Crippen LogP contribution in [0.4, 0.5) is 9.59 Å². The van der Waals surface area contributed by atoms with Crippen molar-refractivity contribution < 1.29 is 19.4 Å². The van der Waals surface area contributed by atoms with Gasteiger partial charge in [-0.25, -0.2) is 9.59 Å². The summed E-state index contributed by atoms with van der Waals surface area (Å²) in [6.45, 7) is 7.30. The van der Waals surface area contributed by atoms with Crippen LogP contribution < -0.4 is 5.32 Å². The first-order valence-corrected chi connectivity index (χ1v) is 6.91. The number of hydrogen-bond donors (Lipinski definition) is 2. The molecule has 0 aromatic carbocycles. The third-order valence-corrected chi connectivity index (χ3v) is 3.53. The molecule has 2 heterocycles. The van der Waals surface area contributed by atoms with Crippen LogP contribution in [0.25, 0.3) is 0 Å². The van der Waals surface area contributed by atoms with E-state index in [1.165, 1.54) is 0 Å². The van der Waals surface area contributed by atoms with Gasteiger partial charge in [0.25, 0.3) is 0 Å². The monoisotopic (exact) mass is 285 g/mol. The highest BCUT2D eigenvalue weighted by molar-refractivity contribution is 5.78. The first-order chi connectivity index (χ1) is 9.25. The van der Waals surface area contributed by atoms with E-state index >= 15 is 0 Å². The number of rotatable bonds is 2. The van der Waals surface area contributed by atoms with Gasteiger partial charge in [-0.15, -0.1) is 0 Å². The number of carbonyl (C=O) groups excluding carboxylic acids is 2. The number of urea groups is 1. The molecule has 2 saturated heterocycles. The van der Waals surface area contributed by atoms with Crippen molar-refractivity contribution in [1.82, 2.24) is 15.1 Å². The summed E-state index contributed by atoms with van der Waals surface area (Å²) >= 11 is 0. The molecule has 114 valence electrons. The Bertz CT molecular complexity index is 407. The zero-order valence-corrected chi connectivity index (χ0v) is 12.3. The lowest BCUT2D eigenvalue weighted by Crippen LogP contribution is -2.47. The fourth-order valence-electron chi connectivity index (χ4n) is 2.67. The summed E-state index contributed by atoms with van der Waals surface area (Å²) in [6, 6.07) is -0.176. The number of aliphatic hydroxyl groups is 1. The van der Waals surface area contributed by atoms with E-state index in [-0.39, 0.29) is 18.7 Å². The fraction of sp³-hybridized carbons (Fsp3) is 0.846. The number of hydrogen-bond acceptors (Lipinski definition) is 4. The highest BCUT2D eigenvalue weighted by atomic mass is 16.6. The van der Waals surface area contributed by atoms with E-state index < -0.39 is 11.1 Å². The van der Waals surface area contributed by atoms with Crippen LogP contribution in [0.15, 0.2) is 0 Å². The molecule has 7 nitrogen and oxygen atoms in total. The lowest BCUT2D eigenvalue weighted by atomic mass is 10.0. The molecule has 0 aromatic heterocycles. The number of nitrogens with one attached hydrogen (secondary N) is 1. The third-order valence-electron chi connectivity index (χ3n) is 3.53. The maximum absolute atomic E-state index is 12.0.